The summed E-state index contributed by atoms with van der Waals surface area (Å²) in [5.74, 6) is 0. The van der Waals surface area contributed by atoms with Gasteiger partial charge in [-0.05, 0) is 25.0 Å². The lowest BCUT2D eigenvalue weighted by Gasteiger charge is -2.07. The molecule has 0 fully saturated rings. The molecule has 88 valence electrons. The standard InChI is InChI=1S/C10H19O4P/c1-3-5-7-9-13-15(11,12)14-10-8-6-4-2/h7-10H,3-6H2,1-2H3,(H,11,12). The van der Waals surface area contributed by atoms with Crippen molar-refractivity contribution in [2.24, 2.45) is 0 Å². The molecule has 5 heteroatoms. The second-order valence-corrected chi connectivity index (χ2v) is 4.36. The Morgan fingerprint density at radius 2 is 1.47 bits per heavy atom. The molecule has 0 aliphatic carbocycles. The predicted octanol–water partition coefficient (Wildman–Crippen LogP) is 3.75. The Labute approximate surface area is 91.2 Å². The minimum absolute atomic E-state index is 0.811. The third kappa shape index (κ3) is 9.57. The molecular weight excluding hydrogens is 215 g/mol. The lowest BCUT2D eigenvalue weighted by Crippen LogP contribution is -1.84. The summed E-state index contributed by atoms with van der Waals surface area (Å²) in [7, 11) is -3.95. The van der Waals surface area contributed by atoms with E-state index in [0.29, 0.717) is 0 Å². The highest BCUT2D eigenvalue weighted by Crippen LogP contribution is 2.43. The van der Waals surface area contributed by atoms with Crippen LogP contribution in [0.15, 0.2) is 24.7 Å². The van der Waals surface area contributed by atoms with E-state index in [1.165, 1.54) is 12.5 Å². The molecule has 0 aromatic heterocycles. The fraction of sp³-hybridized carbons (Fsp3) is 0.600. The average Bonchev–Trinajstić information content (AvgIpc) is 2.20. The summed E-state index contributed by atoms with van der Waals surface area (Å²) in [6.07, 6.45) is 9.33. The Morgan fingerprint density at radius 3 is 1.80 bits per heavy atom. The second kappa shape index (κ2) is 8.57. The summed E-state index contributed by atoms with van der Waals surface area (Å²) >= 11 is 0. The van der Waals surface area contributed by atoms with E-state index in [1.807, 2.05) is 13.8 Å². The number of hydrogen-bond donors (Lipinski definition) is 1. The Hall–Kier alpha value is -0.730. The van der Waals surface area contributed by atoms with Crippen molar-refractivity contribution in [1.82, 2.24) is 0 Å². The van der Waals surface area contributed by atoms with Crippen LogP contribution >= 0.6 is 7.82 Å². The maximum absolute atomic E-state index is 11.1. The van der Waals surface area contributed by atoms with E-state index in [4.69, 9.17) is 4.89 Å². The molecule has 0 radical (unpaired) electrons. The zero-order valence-electron chi connectivity index (χ0n) is 9.26. The van der Waals surface area contributed by atoms with Crippen LogP contribution in [0.5, 0.6) is 0 Å². The fourth-order valence-electron chi connectivity index (χ4n) is 0.734. The lowest BCUT2D eigenvalue weighted by atomic mass is 10.3. The van der Waals surface area contributed by atoms with Gasteiger partial charge in [0.2, 0.25) is 0 Å². The van der Waals surface area contributed by atoms with Crippen LogP contribution in [0.1, 0.15) is 39.5 Å². The first-order valence-electron chi connectivity index (χ1n) is 5.12. The molecule has 0 unspecified atom stereocenters. The molecule has 0 aliphatic rings. The smallest absolute Gasteiger partial charge is 0.404 e. The molecule has 0 bridgehead atoms. The molecule has 0 rings (SSSR count). The minimum atomic E-state index is -3.95. The zero-order valence-corrected chi connectivity index (χ0v) is 10.2. The summed E-state index contributed by atoms with van der Waals surface area (Å²) in [6, 6.07) is 0. The van der Waals surface area contributed by atoms with E-state index in [-0.39, 0.29) is 0 Å². The summed E-state index contributed by atoms with van der Waals surface area (Å²) < 4.78 is 20.3. The molecule has 1 N–H and O–H groups in total. The molecule has 4 nitrogen and oxygen atoms in total. The van der Waals surface area contributed by atoms with Crippen LogP contribution in [0.25, 0.3) is 0 Å². The number of allylic oxidation sites excluding steroid dienone is 2. The van der Waals surface area contributed by atoms with Crippen LogP contribution in [0.2, 0.25) is 0 Å². The first-order chi connectivity index (χ1) is 7.12. The molecule has 0 atom stereocenters. The van der Waals surface area contributed by atoms with Crippen LogP contribution in [-0.2, 0) is 13.6 Å². The average molecular weight is 234 g/mol. The maximum atomic E-state index is 11.1. The topological polar surface area (TPSA) is 55.8 Å². The van der Waals surface area contributed by atoms with Crippen molar-refractivity contribution in [3.8, 4) is 0 Å². The highest BCUT2D eigenvalue weighted by atomic mass is 31.2. The van der Waals surface area contributed by atoms with Crippen LogP contribution in [0, 0.1) is 0 Å². The number of unbranched alkanes of at least 4 members (excludes halogenated alkanes) is 2. The molecule has 0 saturated carbocycles. The zero-order chi connectivity index (χ0) is 11.6. The van der Waals surface area contributed by atoms with Crippen molar-refractivity contribution in [3.63, 3.8) is 0 Å². The van der Waals surface area contributed by atoms with E-state index in [9.17, 15) is 4.57 Å². The molecule has 0 saturated heterocycles. The molecule has 15 heavy (non-hydrogen) atoms. The Balaban J connectivity index is 3.81. The summed E-state index contributed by atoms with van der Waals surface area (Å²) in [4.78, 5) is 9.12. The predicted molar refractivity (Wildman–Crippen MR) is 60.1 cm³/mol. The molecule has 0 aromatic rings. The van der Waals surface area contributed by atoms with Gasteiger partial charge in [0.05, 0.1) is 12.5 Å². The second-order valence-electron chi connectivity index (χ2n) is 3.00. The lowest BCUT2D eigenvalue weighted by molar-refractivity contribution is 0.243. The molecule has 0 spiro atoms. The van der Waals surface area contributed by atoms with Gasteiger partial charge in [0.1, 0.15) is 0 Å². The van der Waals surface area contributed by atoms with Crippen LogP contribution < -0.4 is 0 Å². The molecular formula is C10H19O4P. The van der Waals surface area contributed by atoms with Crippen LogP contribution in [0.4, 0.5) is 0 Å². The normalized spacial score (nSPS) is 15.7. The number of phosphoric ester groups is 1. The number of hydrogen-bond acceptors (Lipinski definition) is 3. The van der Waals surface area contributed by atoms with Gasteiger partial charge in [0.15, 0.2) is 0 Å². The SMILES string of the molecule is CCCC=COP(=O)(O)OC=CCCC. The van der Waals surface area contributed by atoms with Crippen LogP contribution in [0.3, 0.4) is 0 Å². The van der Waals surface area contributed by atoms with E-state index in [1.54, 1.807) is 12.2 Å². The van der Waals surface area contributed by atoms with Crippen molar-refractivity contribution in [2.75, 3.05) is 0 Å². The first-order valence-corrected chi connectivity index (χ1v) is 6.61. The fourth-order valence-corrected chi connectivity index (χ4v) is 1.26. The molecule has 0 aromatic carbocycles. The van der Waals surface area contributed by atoms with Gasteiger partial charge >= 0.3 is 7.82 Å². The maximum Gasteiger partial charge on any atom is 0.583 e. The van der Waals surface area contributed by atoms with Crippen molar-refractivity contribution < 1.29 is 18.5 Å². The number of phosphoric acid groups is 1. The third-order valence-electron chi connectivity index (χ3n) is 1.49. The summed E-state index contributed by atoms with van der Waals surface area (Å²) in [5, 5.41) is 0. The first kappa shape index (κ1) is 14.3. The van der Waals surface area contributed by atoms with Gasteiger partial charge in [-0.2, -0.15) is 0 Å². The van der Waals surface area contributed by atoms with Crippen molar-refractivity contribution >= 4 is 7.82 Å². The minimum Gasteiger partial charge on any atom is -0.404 e. The Kier molecular flexibility index (Phi) is 8.15. The molecule has 0 aliphatic heterocycles. The van der Waals surface area contributed by atoms with Gasteiger partial charge in [-0.15, -0.1) is 0 Å². The number of rotatable bonds is 8. The van der Waals surface area contributed by atoms with Gasteiger partial charge in [-0.25, -0.2) is 4.57 Å². The van der Waals surface area contributed by atoms with Gasteiger partial charge in [-0.1, -0.05) is 26.7 Å². The van der Waals surface area contributed by atoms with Gasteiger partial charge in [0, 0.05) is 0 Å². The van der Waals surface area contributed by atoms with Gasteiger partial charge < -0.3 is 9.05 Å². The van der Waals surface area contributed by atoms with Crippen molar-refractivity contribution in [1.29, 1.82) is 0 Å². The molecule has 0 heterocycles. The van der Waals surface area contributed by atoms with E-state index >= 15 is 0 Å². The highest BCUT2D eigenvalue weighted by molar-refractivity contribution is 7.47. The largest absolute Gasteiger partial charge is 0.583 e. The van der Waals surface area contributed by atoms with Gasteiger partial charge in [0.25, 0.3) is 0 Å². The summed E-state index contributed by atoms with van der Waals surface area (Å²) in [6.45, 7) is 4.01. The molecule has 0 amide bonds. The van der Waals surface area contributed by atoms with Gasteiger partial charge in [-0.3, -0.25) is 4.89 Å². The van der Waals surface area contributed by atoms with Crippen LogP contribution in [-0.4, -0.2) is 4.89 Å². The van der Waals surface area contributed by atoms with Crippen molar-refractivity contribution in [3.05, 3.63) is 24.7 Å². The van der Waals surface area contributed by atoms with E-state index in [2.05, 4.69) is 9.05 Å². The summed E-state index contributed by atoms with van der Waals surface area (Å²) in [5.41, 5.74) is 0. The van der Waals surface area contributed by atoms with Crippen molar-refractivity contribution in [2.45, 2.75) is 39.5 Å². The van der Waals surface area contributed by atoms with E-state index < -0.39 is 7.82 Å². The van der Waals surface area contributed by atoms with E-state index in [0.717, 1.165) is 25.7 Å². The third-order valence-corrected chi connectivity index (χ3v) is 2.27. The Morgan fingerprint density at radius 1 is 1.07 bits per heavy atom. The monoisotopic (exact) mass is 234 g/mol. The Bertz CT molecular complexity index is 226. The quantitative estimate of drug-likeness (QED) is 0.513. The highest BCUT2D eigenvalue weighted by Gasteiger charge is 2.19.